The smallest absolute Gasteiger partial charge is 0.382 e. The Bertz CT molecular complexity index is 1230. The number of unbranched alkanes of at least 4 members (excludes halogenated alkanes) is 1. The largest absolute Gasteiger partial charge is 0.504 e. The lowest BCUT2D eigenvalue weighted by Crippen LogP contribution is -2.26. The van der Waals surface area contributed by atoms with E-state index in [1.807, 2.05) is 6.92 Å². The Kier molecular flexibility index (Phi) is 6.96. The van der Waals surface area contributed by atoms with Crippen LogP contribution in [-0.4, -0.2) is 40.2 Å². The van der Waals surface area contributed by atoms with Gasteiger partial charge in [0.15, 0.2) is 0 Å². The third-order valence-electron chi connectivity index (χ3n) is 3.70. The summed E-state index contributed by atoms with van der Waals surface area (Å²) in [4.78, 5) is 1.64. The van der Waals surface area contributed by atoms with Crippen molar-refractivity contribution in [3.63, 3.8) is 0 Å². The highest BCUT2D eigenvalue weighted by Crippen LogP contribution is 2.23. The highest BCUT2D eigenvalue weighted by molar-refractivity contribution is 8.31. The van der Waals surface area contributed by atoms with E-state index in [2.05, 4.69) is 4.79 Å². The minimum atomic E-state index is -4.72. The van der Waals surface area contributed by atoms with E-state index >= 15 is 0 Å². The Labute approximate surface area is 169 Å². The van der Waals surface area contributed by atoms with Gasteiger partial charge in [0.25, 0.3) is 19.7 Å². The Morgan fingerprint density at radius 2 is 1.38 bits per heavy atom. The maximum absolute atomic E-state index is 12.7. The molecule has 0 saturated carbocycles. The van der Waals surface area contributed by atoms with E-state index in [4.69, 9.17) is 9.71 Å². The van der Waals surface area contributed by atoms with Gasteiger partial charge < -0.3 is 9.71 Å². The van der Waals surface area contributed by atoms with Gasteiger partial charge in [-0.2, -0.15) is 8.42 Å². The van der Waals surface area contributed by atoms with Gasteiger partial charge in [0.05, 0.1) is 15.5 Å². The van der Waals surface area contributed by atoms with Gasteiger partial charge in [-0.15, -0.1) is 4.79 Å². The summed E-state index contributed by atoms with van der Waals surface area (Å²) in [5.74, 6) is -0.325. The van der Waals surface area contributed by atoms with Gasteiger partial charge in [0.1, 0.15) is 5.75 Å². The van der Waals surface area contributed by atoms with Crippen LogP contribution in [0.4, 0.5) is 0 Å². The molecule has 0 atom stereocenters. The summed E-state index contributed by atoms with van der Waals surface area (Å²) in [5, 5.41) is 0. The molecule has 0 unspecified atom stereocenters. The number of nitrogens with zero attached hydrogens (tertiary/aromatic N) is 2. The van der Waals surface area contributed by atoms with E-state index in [0.29, 0.717) is 12.8 Å². The standard InChI is InChI=1S/C17H18N2O7S3/c1-2-3-13-27(20,21)26-14-9-11-16(12-10-14)29(24,25)17(19-18)28(22,23)15-7-5-4-6-8-15/h4-12H,2-3,13H2,1H3. The van der Waals surface area contributed by atoms with E-state index in [1.165, 1.54) is 18.2 Å². The summed E-state index contributed by atoms with van der Waals surface area (Å²) >= 11 is 0. The summed E-state index contributed by atoms with van der Waals surface area (Å²) in [6, 6.07) is 10.7. The monoisotopic (exact) mass is 458 g/mol. The first kappa shape index (κ1) is 22.8. The fourth-order valence-corrected chi connectivity index (χ4v) is 6.73. The maximum atomic E-state index is 12.7. The van der Waals surface area contributed by atoms with Crippen LogP contribution >= 0.6 is 0 Å². The van der Waals surface area contributed by atoms with Gasteiger partial charge in [-0.25, -0.2) is 16.8 Å². The molecule has 0 aliphatic heterocycles. The zero-order valence-electron chi connectivity index (χ0n) is 15.3. The van der Waals surface area contributed by atoms with Crippen LogP contribution in [0.15, 0.2) is 64.4 Å². The Morgan fingerprint density at radius 1 is 0.862 bits per heavy atom. The van der Waals surface area contributed by atoms with E-state index in [-0.39, 0.29) is 16.4 Å². The second-order valence-corrected chi connectivity index (χ2v) is 11.5. The Balaban J connectivity index is 2.37. The quantitative estimate of drug-likeness (QED) is 0.203. The molecular formula is C17H18N2O7S3. The van der Waals surface area contributed by atoms with Crippen molar-refractivity contribution in [3.05, 3.63) is 60.1 Å². The molecule has 0 N–H and O–H groups in total. The highest BCUT2D eigenvalue weighted by Gasteiger charge is 2.43. The van der Waals surface area contributed by atoms with E-state index < -0.39 is 39.1 Å². The van der Waals surface area contributed by atoms with Crippen molar-refractivity contribution in [2.24, 2.45) is 0 Å². The number of hydrogen-bond donors (Lipinski definition) is 0. The van der Waals surface area contributed by atoms with E-state index in [0.717, 1.165) is 36.4 Å². The van der Waals surface area contributed by atoms with Gasteiger partial charge in [-0.1, -0.05) is 31.5 Å². The van der Waals surface area contributed by atoms with Crippen molar-refractivity contribution in [2.75, 3.05) is 5.75 Å². The first-order chi connectivity index (χ1) is 13.5. The fraction of sp³-hybridized carbons (Fsp3) is 0.235. The van der Waals surface area contributed by atoms with Crippen LogP contribution in [-0.2, 0) is 29.8 Å². The number of rotatable bonds is 7. The average Bonchev–Trinajstić information content (AvgIpc) is 2.67. The Morgan fingerprint density at radius 3 is 1.86 bits per heavy atom. The first-order valence-electron chi connectivity index (χ1n) is 8.34. The lowest BCUT2D eigenvalue weighted by molar-refractivity contribution is 0.00380. The van der Waals surface area contributed by atoms with Crippen LogP contribution in [0, 0.1) is 0 Å². The molecule has 2 rings (SSSR count). The maximum Gasteiger partial charge on any atom is 0.504 e. The molecule has 9 nitrogen and oxygen atoms in total. The van der Waals surface area contributed by atoms with Crippen LogP contribution in [0.2, 0.25) is 0 Å². The number of benzene rings is 2. The SMILES string of the molecule is CCCCS(=O)(=O)Oc1ccc(S(=O)(=O)C(=[N+]=[N-])S(=O)(=O)c2ccccc2)cc1. The first-order valence-corrected chi connectivity index (χ1v) is 12.9. The summed E-state index contributed by atoms with van der Waals surface area (Å²) in [6.07, 6.45) is 1.06. The van der Waals surface area contributed by atoms with Crippen molar-refractivity contribution in [3.8, 4) is 5.75 Å². The Hall–Kier alpha value is -2.53. The lowest BCUT2D eigenvalue weighted by Gasteiger charge is -2.07. The molecule has 2 aromatic carbocycles. The fourth-order valence-electron chi connectivity index (χ4n) is 2.24. The van der Waals surface area contributed by atoms with E-state index in [9.17, 15) is 25.3 Å². The topological polar surface area (TPSA) is 148 Å². The number of hydrogen-bond acceptors (Lipinski definition) is 7. The van der Waals surface area contributed by atoms with Crippen LogP contribution in [0.5, 0.6) is 5.75 Å². The summed E-state index contributed by atoms with van der Waals surface area (Å²) in [7, 11) is -13.2. The average molecular weight is 459 g/mol. The molecule has 0 amide bonds. The summed E-state index contributed by atoms with van der Waals surface area (Å²) in [6.45, 7) is 1.82. The zero-order valence-corrected chi connectivity index (χ0v) is 17.7. The van der Waals surface area contributed by atoms with Crippen LogP contribution in [0.25, 0.3) is 5.53 Å². The molecule has 0 saturated heterocycles. The van der Waals surface area contributed by atoms with Crippen molar-refractivity contribution in [2.45, 2.75) is 29.6 Å². The lowest BCUT2D eigenvalue weighted by atomic mass is 10.3. The van der Waals surface area contributed by atoms with Crippen molar-refractivity contribution < 1.29 is 34.2 Å². The summed E-state index contributed by atoms with van der Waals surface area (Å²) in [5.41, 5.74) is 9.14. The molecule has 0 spiro atoms. The highest BCUT2D eigenvalue weighted by atomic mass is 32.3. The van der Waals surface area contributed by atoms with Gasteiger partial charge in [-0.3, -0.25) is 0 Å². The molecule has 0 bridgehead atoms. The molecule has 156 valence electrons. The molecule has 0 aliphatic rings. The third kappa shape index (κ3) is 5.30. The molecule has 2 aromatic rings. The molecule has 29 heavy (non-hydrogen) atoms. The van der Waals surface area contributed by atoms with E-state index in [1.54, 1.807) is 0 Å². The van der Waals surface area contributed by atoms with Crippen LogP contribution in [0.1, 0.15) is 19.8 Å². The predicted molar refractivity (Wildman–Crippen MR) is 105 cm³/mol. The second-order valence-electron chi connectivity index (χ2n) is 5.86. The molecule has 12 heteroatoms. The summed E-state index contributed by atoms with van der Waals surface area (Å²) < 4.78 is 77.6. The number of sulfone groups is 2. The molecular weight excluding hydrogens is 440 g/mol. The second kappa shape index (κ2) is 8.87. The molecule has 0 aromatic heterocycles. The van der Waals surface area contributed by atoms with Gasteiger partial charge >= 0.3 is 14.5 Å². The molecule has 0 aliphatic carbocycles. The molecule has 0 fully saturated rings. The third-order valence-corrected chi connectivity index (χ3v) is 9.12. The van der Waals surface area contributed by atoms with Gasteiger partial charge in [0, 0.05) is 0 Å². The van der Waals surface area contributed by atoms with Crippen molar-refractivity contribution in [1.29, 1.82) is 0 Å². The van der Waals surface area contributed by atoms with Crippen molar-refractivity contribution >= 4 is 34.2 Å². The van der Waals surface area contributed by atoms with Crippen LogP contribution < -0.4 is 4.18 Å². The van der Waals surface area contributed by atoms with Gasteiger partial charge in [-0.05, 0) is 42.8 Å². The minimum Gasteiger partial charge on any atom is -0.382 e. The minimum absolute atomic E-state index is 0.131. The van der Waals surface area contributed by atoms with Gasteiger partial charge in [0.2, 0.25) is 0 Å². The van der Waals surface area contributed by atoms with Crippen molar-refractivity contribution in [1.82, 2.24) is 0 Å². The predicted octanol–water partition coefficient (Wildman–Crippen LogP) is 2.03. The molecule has 0 heterocycles. The zero-order chi connectivity index (χ0) is 21.7. The normalized spacial score (nSPS) is 12.2. The van der Waals surface area contributed by atoms with Crippen LogP contribution in [0.3, 0.4) is 0 Å². The molecule has 0 radical (unpaired) electrons.